The first kappa shape index (κ1) is 11.7. The minimum Gasteiger partial charge on any atom is -0.479 e. The van der Waals surface area contributed by atoms with Crippen LogP contribution in [-0.4, -0.2) is 17.2 Å². The van der Waals surface area contributed by atoms with Gasteiger partial charge in [0.05, 0.1) is 6.10 Å². The molecule has 0 saturated carbocycles. The summed E-state index contributed by atoms with van der Waals surface area (Å²) in [6, 6.07) is 8.98. The molecule has 0 aliphatic carbocycles. The third-order valence-electron chi connectivity index (χ3n) is 2.20. The fourth-order valence-electron chi connectivity index (χ4n) is 1.47. The average molecular weight is 208 g/mol. The lowest BCUT2D eigenvalue weighted by molar-refractivity contribution is -0.170. The van der Waals surface area contributed by atoms with Crippen LogP contribution in [0.2, 0.25) is 0 Å². The van der Waals surface area contributed by atoms with E-state index < -0.39 is 11.6 Å². The SMILES string of the molecule is CC(C)OC(C)(C(=O)O)c1ccccc1. The molecule has 1 unspecified atom stereocenters. The number of carboxylic acid groups (broad SMARTS) is 1. The van der Waals surface area contributed by atoms with Gasteiger partial charge in [-0.25, -0.2) is 4.79 Å². The predicted molar refractivity (Wildman–Crippen MR) is 57.7 cm³/mol. The van der Waals surface area contributed by atoms with Gasteiger partial charge in [0, 0.05) is 0 Å². The van der Waals surface area contributed by atoms with Gasteiger partial charge in [0.15, 0.2) is 5.60 Å². The number of rotatable bonds is 4. The normalized spacial score (nSPS) is 14.9. The number of carboxylic acids is 1. The zero-order valence-electron chi connectivity index (χ0n) is 9.23. The number of hydrogen-bond acceptors (Lipinski definition) is 2. The van der Waals surface area contributed by atoms with E-state index >= 15 is 0 Å². The van der Waals surface area contributed by atoms with Crippen molar-refractivity contribution in [3.63, 3.8) is 0 Å². The van der Waals surface area contributed by atoms with Crippen molar-refractivity contribution in [2.45, 2.75) is 32.5 Å². The van der Waals surface area contributed by atoms with Crippen LogP contribution < -0.4 is 0 Å². The van der Waals surface area contributed by atoms with E-state index in [1.54, 1.807) is 31.2 Å². The quantitative estimate of drug-likeness (QED) is 0.826. The Kier molecular flexibility index (Phi) is 3.48. The standard InChI is InChI=1S/C12H16O3/c1-9(2)15-12(3,11(13)14)10-7-5-4-6-8-10/h4-9H,1-3H3,(H,13,14). The summed E-state index contributed by atoms with van der Waals surface area (Å²) in [5.41, 5.74) is -0.610. The van der Waals surface area contributed by atoms with Gasteiger partial charge < -0.3 is 9.84 Å². The van der Waals surface area contributed by atoms with E-state index in [2.05, 4.69) is 0 Å². The first-order chi connectivity index (χ1) is 6.97. The van der Waals surface area contributed by atoms with Crippen molar-refractivity contribution in [1.82, 2.24) is 0 Å². The molecule has 0 amide bonds. The van der Waals surface area contributed by atoms with E-state index in [0.717, 1.165) is 0 Å². The molecule has 0 radical (unpaired) electrons. The smallest absolute Gasteiger partial charge is 0.340 e. The first-order valence-electron chi connectivity index (χ1n) is 4.93. The molecule has 3 nitrogen and oxygen atoms in total. The van der Waals surface area contributed by atoms with Gasteiger partial charge in [-0.15, -0.1) is 0 Å². The lowest BCUT2D eigenvalue weighted by atomic mass is 9.96. The molecule has 3 heteroatoms. The van der Waals surface area contributed by atoms with Crippen LogP contribution in [0.3, 0.4) is 0 Å². The summed E-state index contributed by atoms with van der Waals surface area (Å²) in [5, 5.41) is 9.21. The van der Waals surface area contributed by atoms with Gasteiger partial charge >= 0.3 is 5.97 Å². The fraction of sp³-hybridized carbons (Fsp3) is 0.417. The molecule has 0 heterocycles. The Hall–Kier alpha value is -1.35. The van der Waals surface area contributed by atoms with E-state index in [9.17, 15) is 9.90 Å². The summed E-state index contributed by atoms with van der Waals surface area (Å²) >= 11 is 0. The lowest BCUT2D eigenvalue weighted by Crippen LogP contribution is -2.37. The highest BCUT2D eigenvalue weighted by molar-refractivity contribution is 5.78. The van der Waals surface area contributed by atoms with E-state index in [4.69, 9.17) is 4.74 Å². The second-order valence-corrected chi connectivity index (χ2v) is 3.87. The van der Waals surface area contributed by atoms with Gasteiger partial charge in [0.2, 0.25) is 0 Å². The minimum absolute atomic E-state index is 0.133. The van der Waals surface area contributed by atoms with Gasteiger partial charge in [-0.2, -0.15) is 0 Å². The van der Waals surface area contributed by atoms with E-state index in [0.29, 0.717) is 5.56 Å². The van der Waals surface area contributed by atoms with Crippen LogP contribution in [0, 0.1) is 0 Å². The second kappa shape index (κ2) is 4.45. The van der Waals surface area contributed by atoms with Crippen LogP contribution in [0.25, 0.3) is 0 Å². The molecule has 1 aromatic carbocycles. The number of carbonyl (C=O) groups is 1. The molecule has 0 bridgehead atoms. The Labute approximate surface area is 89.7 Å². The zero-order valence-corrected chi connectivity index (χ0v) is 9.23. The molecule has 1 N–H and O–H groups in total. The summed E-state index contributed by atoms with van der Waals surface area (Å²) in [6.07, 6.45) is -0.133. The van der Waals surface area contributed by atoms with Crippen LogP contribution in [0.5, 0.6) is 0 Å². The average Bonchev–Trinajstić information content (AvgIpc) is 2.17. The predicted octanol–water partition coefficient (Wildman–Crippen LogP) is 2.41. The van der Waals surface area contributed by atoms with E-state index in [1.807, 2.05) is 19.9 Å². The van der Waals surface area contributed by atoms with Gasteiger partial charge in [0.1, 0.15) is 0 Å². The molecule has 1 rings (SSSR count). The highest BCUT2D eigenvalue weighted by atomic mass is 16.5. The molecule has 0 aliphatic rings. The largest absolute Gasteiger partial charge is 0.479 e. The van der Waals surface area contributed by atoms with Crippen LogP contribution in [0.1, 0.15) is 26.3 Å². The van der Waals surface area contributed by atoms with Crippen LogP contribution >= 0.6 is 0 Å². The van der Waals surface area contributed by atoms with Gasteiger partial charge in [-0.1, -0.05) is 30.3 Å². The van der Waals surface area contributed by atoms with Crippen molar-refractivity contribution in [3.05, 3.63) is 35.9 Å². The molecular weight excluding hydrogens is 192 g/mol. The Morgan fingerprint density at radius 3 is 2.27 bits per heavy atom. The third-order valence-corrected chi connectivity index (χ3v) is 2.20. The zero-order chi connectivity index (χ0) is 11.5. The Bertz CT molecular complexity index is 332. The van der Waals surface area contributed by atoms with Crippen molar-refractivity contribution in [3.8, 4) is 0 Å². The van der Waals surface area contributed by atoms with Crippen molar-refractivity contribution in [2.24, 2.45) is 0 Å². The molecular formula is C12H16O3. The molecule has 0 aromatic heterocycles. The molecule has 1 aromatic rings. The Balaban J connectivity index is 3.07. The first-order valence-corrected chi connectivity index (χ1v) is 4.93. The van der Waals surface area contributed by atoms with Crippen molar-refractivity contribution in [1.29, 1.82) is 0 Å². The summed E-state index contributed by atoms with van der Waals surface area (Å²) in [7, 11) is 0. The fourth-order valence-corrected chi connectivity index (χ4v) is 1.47. The lowest BCUT2D eigenvalue weighted by Gasteiger charge is -2.28. The second-order valence-electron chi connectivity index (χ2n) is 3.87. The van der Waals surface area contributed by atoms with Crippen LogP contribution in [-0.2, 0) is 15.1 Å². The monoisotopic (exact) mass is 208 g/mol. The summed E-state index contributed by atoms with van der Waals surface area (Å²) in [5.74, 6) is -0.970. The minimum atomic E-state index is -1.27. The number of benzene rings is 1. The summed E-state index contributed by atoms with van der Waals surface area (Å²) < 4.78 is 5.49. The molecule has 0 aliphatic heterocycles. The summed E-state index contributed by atoms with van der Waals surface area (Å²) in [4.78, 5) is 11.2. The highest BCUT2D eigenvalue weighted by Crippen LogP contribution is 2.26. The number of ether oxygens (including phenoxy) is 1. The number of aliphatic carboxylic acids is 1. The van der Waals surface area contributed by atoms with Crippen molar-refractivity contribution < 1.29 is 14.6 Å². The van der Waals surface area contributed by atoms with Crippen LogP contribution in [0.4, 0.5) is 0 Å². The topological polar surface area (TPSA) is 46.5 Å². The summed E-state index contributed by atoms with van der Waals surface area (Å²) in [6.45, 7) is 5.22. The maximum Gasteiger partial charge on any atom is 0.340 e. The van der Waals surface area contributed by atoms with Gasteiger partial charge in [-0.3, -0.25) is 0 Å². The maximum absolute atomic E-state index is 11.2. The molecule has 15 heavy (non-hydrogen) atoms. The van der Waals surface area contributed by atoms with Gasteiger partial charge in [-0.05, 0) is 26.3 Å². The van der Waals surface area contributed by atoms with Gasteiger partial charge in [0.25, 0.3) is 0 Å². The Morgan fingerprint density at radius 1 is 1.33 bits per heavy atom. The molecule has 0 fully saturated rings. The molecule has 0 saturated heterocycles. The van der Waals surface area contributed by atoms with E-state index in [1.165, 1.54) is 0 Å². The Morgan fingerprint density at radius 2 is 1.87 bits per heavy atom. The maximum atomic E-state index is 11.2. The highest BCUT2D eigenvalue weighted by Gasteiger charge is 2.37. The van der Waals surface area contributed by atoms with Crippen molar-refractivity contribution >= 4 is 5.97 Å². The third kappa shape index (κ3) is 2.57. The van der Waals surface area contributed by atoms with Crippen molar-refractivity contribution in [2.75, 3.05) is 0 Å². The molecule has 0 spiro atoms. The van der Waals surface area contributed by atoms with E-state index in [-0.39, 0.29) is 6.10 Å². The molecule has 82 valence electrons. The molecule has 1 atom stereocenters. The van der Waals surface area contributed by atoms with Crippen LogP contribution in [0.15, 0.2) is 30.3 Å². The number of hydrogen-bond donors (Lipinski definition) is 1.